The predicted octanol–water partition coefficient (Wildman–Crippen LogP) is 1.46. The van der Waals surface area contributed by atoms with E-state index in [-0.39, 0.29) is 18.6 Å². The lowest BCUT2D eigenvalue weighted by Crippen LogP contribution is -2.27. The number of carbonyl (C=O) groups is 1. The Labute approximate surface area is 79.6 Å². The molecule has 3 nitrogen and oxygen atoms in total. The molecule has 0 radical (unpaired) electrons. The molecule has 0 saturated heterocycles. The van der Waals surface area contributed by atoms with Crippen LogP contribution in [0.4, 0.5) is 0 Å². The maximum absolute atomic E-state index is 10.9. The fourth-order valence-electron chi connectivity index (χ4n) is 1.89. The first kappa shape index (κ1) is 10.5. The van der Waals surface area contributed by atoms with Crippen LogP contribution < -0.4 is 5.73 Å². The number of nitrogens with two attached hydrogens (primary N) is 1. The van der Waals surface area contributed by atoms with Gasteiger partial charge in [0, 0.05) is 0 Å². The van der Waals surface area contributed by atoms with Gasteiger partial charge in [-0.2, -0.15) is 0 Å². The molecule has 0 heterocycles. The van der Waals surface area contributed by atoms with Crippen LogP contribution >= 0.6 is 0 Å². The van der Waals surface area contributed by atoms with Crippen LogP contribution in [0.5, 0.6) is 0 Å². The summed E-state index contributed by atoms with van der Waals surface area (Å²) in [5.74, 6) is 0.577. The normalized spacial score (nSPS) is 28.5. The molecule has 0 aliphatic heterocycles. The minimum atomic E-state index is -0.264. The van der Waals surface area contributed by atoms with Crippen LogP contribution in [-0.2, 0) is 9.53 Å². The highest BCUT2D eigenvalue weighted by atomic mass is 16.5. The molecule has 1 fully saturated rings. The molecule has 0 aromatic heterocycles. The monoisotopic (exact) mass is 185 g/mol. The first-order valence-corrected chi connectivity index (χ1v) is 5.15. The molecule has 1 rings (SSSR count). The summed E-state index contributed by atoms with van der Waals surface area (Å²) in [6.45, 7) is 2.23. The molecule has 2 N–H and O–H groups in total. The van der Waals surface area contributed by atoms with E-state index in [2.05, 4.69) is 6.92 Å². The Morgan fingerprint density at radius 1 is 1.38 bits per heavy atom. The summed E-state index contributed by atoms with van der Waals surface area (Å²) in [5.41, 5.74) is 5.17. The third-order valence-electron chi connectivity index (χ3n) is 2.84. The van der Waals surface area contributed by atoms with Gasteiger partial charge >= 0.3 is 5.97 Å². The van der Waals surface area contributed by atoms with Crippen LogP contribution in [-0.4, -0.2) is 18.6 Å². The van der Waals surface area contributed by atoms with E-state index in [1.807, 2.05) is 0 Å². The SMILES string of the molecule is CCC1CCC(OC(=O)CN)CC1. The molecular formula is C10H19NO2. The Hall–Kier alpha value is -0.570. The number of carbonyl (C=O) groups excluding carboxylic acids is 1. The molecule has 1 aliphatic carbocycles. The number of ether oxygens (including phenoxy) is 1. The van der Waals surface area contributed by atoms with Crippen LogP contribution in [0.1, 0.15) is 39.0 Å². The summed E-state index contributed by atoms with van der Waals surface area (Å²) < 4.78 is 5.17. The quantitative estimate of drug-likeness (QED) is 0.677. The molecule has 1 aliphatic rings. The summed E-state index contributed by atoms with van der Waals surface area (Å²) in [6, 6.07) is 0. The second kappa shape index (κ2) is 5.22. The molecule has 0 atom stereocenters. The van der Waals surface area contributed by atoms with Gasteiger partial charge in [0.1, 0.15) is 6.10 Å². The Balaban J connectivity index is 2.21. The summed E-state index contributed by atoms with van der Waals surface area (Å²) >= 11 is 0. The zero-order chi connectivity index (χ0) is 9.68. The van der Waals surface area contributed by atoms with Crippen molar-refractivity contribution in [3.05, 3.63) is 0 Å². The van der Waals surface area contributed by atoms with Crippen LogP contribution in [0.3, 0.4) is 0 Å². The van der Waals surface area contributed by atoms with E-state index in [0.717, 1.165) is 18.8 Å². The summed E-state index contributed by atoms with van der Waals surface area (Å²) in [6.07, 6.45) is 5.81. The van der Waals surface area contributed by atoms with Crippen LogP contribution in [0.25, 0.3) is 0 Å². The van der Waals surface area contributed by atoms with E-state index in [0.29, 0.717) is 0 Å². The highest BCUT2D eigenvalue weighted by molar-refractivity contribution is 5.71. The Kier molecular flexibility index (Phi) is 4.22. The average Bonchev–Trinajstić information content (AvgIpc) is 2.19. The highest BCUT2D eigenvalue weighted by Crippen LogP contribution is 2.28. The van der Waals surface area contributed by atoms with Crippen molar-refractivity contribution in [3.8, 4) is 0 Å². The lowest BCUT2D eigenvalue weighted by molar-refractivity contribution is -0.149. The van der Waals surface area contributed by atoms with Crippen molar-refractivity contribution in [2.24, 2.45) is 11.7 Å². The maximum Gasteiger partial charge on any atom is 0.319 e. The lowest BCUT2D eigenvalue weighted by Gasteiger charge is -2.27. The van der Waals surface area contributed by atoms with E-state index < -0.39 is 0 Å². The zero-order valence-corrected chi connectivity index (χ0v) is 8.29. The van der Waals surface area contributed by atoms with Gasteiger partial charge in [-0.15, -0.1) is 0 Å². The third kappa shape index (κ3) is 3.35. The topological polar surface area (TPSA) is 52.3 Å². The second-order valence-electron chi connectivity index (χ2n) is 3.74. The molecule has 0 bridgehead atoms. The minimum absolute atomic E-state index is 0.00765. The number of hydrogen-bond acceptors (Lipinski definition) is 3. The summed E-state index contributed by atoms with van der Waals surface area (Å²) in [5, 5.41) is 0. The first-order valence-electron chi connectivity index (χ1n) is 5.15. The smallest absolute Gasteiger partial charge is 0.319 e. The lowest BCUT2D eigenvalue weighted by atomic mass is 9.86. The van der Waals surface area contributed by atoms with Gasteiger partial charge in [-0.3, -0.25) is 4.79 Å². The van der Waals surface area contributed by atoms with E-state index in [1.165, 1.54) is 19.3 Å². The van der Waals surface area contributed by atoms with E-state index in [4.69, 9.17) is 10.5 Å². The zero-order valence-electron chi connectivity index (χ0n) is 8.29. The molecule has 76 valence electrons. The van der Waals surface area contributed by atoms with Crippen LogP contribution in [0.2, 0.25) is 0 Å². The van der Waals surface area contributed by atoms with Gasteiger partial charge in [0.15, 0.2) is 0 Å². The number of rotatable bonds is 3. The fourth-order valence-corrected chi connectivity index (χ4v) is 1.89. The van der Waals surface area contributed by atoms with Gasteiger partial charge in [0.2, 0.25) is 0 Å². The third-order valence-corrected chi connectivity index (χ3v) is 2.84. The number of esters is 1. The molecule has 0 aromatic carbocycles. The van der Waals surface area contributed by atoms with Gasteiger partial charge in [0.25, 0.3) is 0 Å². The molecule has 0 spiro atoms. The van der Waals surface area contributed by atoms with E-state index in [9.17, 15) is 4.79 Å². The highest BCUT2D eigenvalue weighted by Gasteiger charge is 2.22. The minimum Gasteiger partial charge on any atom is -0.461 e. The van der Waals surface area contributed by atoms with Crippen molar-refractivity contribution in [1.82, 2.24) is 0 Å². The van der Waals surface area contributed by atoms with Crippen molar-refractivity contribution in [2.45, 2.75) is 45.1 Å². The second-order valence-corrected chi connectivity index (χ2v) is 3.74. The molecule has 1 saturated carbocycles. The summed E-state index contributed by atoms with van der Waals surface area (Å²) in [7, 11) is 0. The Morgan fingerprint density at radius 2 is 2.00 bits per heavy atom. The van der Waals surface area contributed by atoms with Crippen molar-refractivity contribution in [2.75, 3.05) is 6.54 Å². The molecule has 0 aromatic rings. The van der Waals surface area contributed by atoms with Crippen molar-refractivity contribution in [3.63, 3.8) is 0 Å². The average molecular weight is 185 g/mol. The number of hydrogen-bond donors (Lipinski definition) is 1. The van der Waals surface area contributed by atoms with E-state index >= 15 is 0 Å². The van der Waals surface area contributed by atoms with Crippen LogP contribution in [0.15, 0.2) is 0 Å². The van der Waals surface area contributed by atoms with Gasteiger partial charge in [0.05, 0.1) is 6.54 Å². The Bertz CT molecular complexity index is 162. The van der Waals surface area contributed by atoms with Crippen molar-refractivity contribution in [1.29, 1.82) is 0 Å². The molecule has 3 heteroatoms. The van der Waals surface area contributed by atoms with Gasteiger partial charge in [-0.05, 0) is 31.6 Å². The fraction of sp³-hybridized carbons (Fsp3) is 0.900. The van der Waals surface area contributed by atoms with Gasteiger partial charge in [-0.1, -0.05) is 13.3 Å². The van der Waals surface area contributed by atoms with Gasteiger partial charge in [-0.25, -0.2) is 0 Å². The predicted molar refractivity (Wildman–Crippen MR) is 51.2 cm³/mol. The maximum atomic E-state index is 10.9. The standard InChI is InChI=1S/C10H19NO2/c1-2-8-3-5-9(6-4-8)13-10(12)7-11/h8-9H,2-7,11H2,1H3. The van der Waals surface area contributed by atoms with Gasteiger partial charge < -0.3 is 10.5 Å². The van der Waals surface area contributed by atoms with Crippen molar-refractivity contribution < 1.29 is 9.53 Å². The van der Waals surface area contributed by atoms with Crippen LogP contribution in [0, 0.1) is 5.92 Å². The Morgan fingerprint density at radius 3 is 2.46 bits per heavy atom. The van der Waals surface area contributed by atoms with E-state index in [1.54, 1.807) is 0 Å². The molecule has 0 amide bonds. The first-order chi connectivity index (χ1) is 6.26. The molecule has 0 unspecified atom stereocenters. The van der Waals surface area contributed by atoms with Crippen molar-refractivity contribution >= 4 is 5.97 Å². The molecule has 13 heavy (non-hydrogen) atoms. The molecular weight excluding hydrogens is 166 g/mol. The summed E-state index contributed by atoms with van der Waals surface area (Å²) in [4.78, 5) is 10.9. The largest absolute Gasteiger partial charge is 0.461 e.